The van der Waals surface area contributed by atoms with E-state index in [1.54, 1.807) is 0 Å². The van der Waals surface area contributed by atoms with Crippen molar-refractivity contribution in [3.63, 3.8) is 0 Å². The Labute approximate surface area is 85.8 Å². The van der Waals surface area contributed by atoms with E-state index in [0.29, 0.717) is 12.2 Å². The van der Waals surface area contributed by atoms with Gasteiger partial charge in [-0.05, 0) is 5.56 Å². The van der Waals surface area contributed by atoms with Crippen LogP contribution in [0.1, 0.15) is 17.1 Å². The van der Waals surface area contributed by atoms with Gasteiger partial charge in [0.1, 0.15) is 6.61 Å². The van der Waals surface area contributed by atoms with E-state index >= 15 is 0 Å². The second-order valence-electron chi connectivity index (χ2n) is 3.12. The molecule has 0 unspecified atom stereocenters. The maximum atomic E-state index is 10.8. The van der Waals surface area contributed by atoms with Gasteiger partial charge in [0.15, 0.2) is 11.5 Å². The minimum Gasteiger partial charge on any atom is -0.395 e. The third kappa shape index (κ3) is 2.16. The first-order chi connectivity index (χ1) is 7.29. The molecule has 0 fully saturated rings. The second kappa shape index (κ2) is 4.14. The molecule has 1 aromatic carbocycles. The third-order valence-electron chi connectivity index (χ3n) is 2.08. The summed E-state index contributed by atoms with van der Waals surface area (Å²) >= 11 is 0. The summed E-state index contributed by atoms with van der Waals surface area (Å²) in [5, 5.41) is 8.92. The lowest BCUT2D eigenvalue weighted by molar-refractivity contribution is 0.240. The van der Waals surface area contributed by atoms with Crippen LogP contribution < -0.4 is 5.82 Å². The van der Waals surface area contributed by atoms with Crippen molar-refractivity contribution in [1.82, 2.24) is 0 Å². The Morgan fingerprint density at radius 1 is 1.07 bits per heavy atom. The lowest BCUT2D eigenvalue weighted by Crippen LogP contribution is -1.91. The molecule has 1 aromatic heterocycles. The normalized spacial score (nSPS) is 10.5. The summed E-state index contributed by atoms with van der Waals surface area (Å²) < 4.78 is 9.49. The first-order valence-electron chi connectivity index (χ1n) is 4.56. The van der Waals surface area contributed by atoms with E-state index < -0.39 is 5.82 Å². The van der Waals surface area contributed by atoms with Crippen molar-refractivity contribution in [3.05, 3.63) is 58.0 Å². The van der Waals surface area contributed by atoms with E-state index in [2.05, 4.69) is 4.42 Å². The number of benzene rings is 1. The van der Waals surface area contributed by atoms with E-state index in [9.17, 15) is 4.79 Å². The monoisotopic (exact) mass is 206 g/mol. The summed E-state index contributed by atoms with van der Waals surface area (Å²) in [5.74, 6) is -0.192. The summed E-state index contributed by atoms with van der Waals surface area (Å²) in [6.45, 7) is -0.325. The quantitative estimate of drug-likeness (QED) is 0.822. The predicted octanol–water partition coefficient (Wildman–Crippen LogP) is 1.32. The Balaban J connectivity index is 2.28. The van der Waals surface area contributed by atoms with E-state index in [-0.39, 0.29) is 12.4 Å². The van der Waals surface area contributed by atoms with Gasteiger partial charge in [-0.3, -0.25) is 0 Å². The largest absolute Gasteiger partial charge is 0.519 e. The molecule has 2 rings (SSSR count). The van der Waals surface area contributed by atoms with Crippen LogP contribution in [0.25, 0.3) is 0 Å². The minimum absolute atomic E-state index is 0.198. The molecule has 0 aliphatic carbocycles. The molecule has 0 saturated heterocycles. The van der Waals surface area contributed by atoms with Crippen molar-refractivity contribution in [2.75, 3.05) is 0 Å². The van der Waals surface area contributed by atoms with Crippen LogP contribution in [0.3, 0.4) is 0 Å². The average Bonchev–Trinajstić information content (AvgIpc) is 2.60. The van der Waals surface area contributed by atoms with Crippen LogP contribution >= 0.6 is 0 Å². The highest BCUT2D eigenvalue weighted by Gasteiger charge is 2.11. The molecule has 0 spiro atoms. The molecule has 15 heavy (non-hydrogen) atoms. The fraction of sp³-hybridized carbons (Fsp3) is 0.182. The van der Waals surface area contributed by atoms with Gasteiger partial charge < -0.3 is 13.9 Å². The van der Waals surface area contributed by atoms with Crippen LogP contribution in [0.5, 0.6) is 0 Å². The molecule has 4 heteroatoms. The van der Waals surface area contributed by atoms with Crippen LogP contribution in [-0.4, -0.2) is 5.11 Å². The Kier molecular flexibility index (Phi) is 2.69. The number of hydrogen-bond donors (Lipinski definition) is 1. The average molecular weight is 206 g/mol. The number of hydrogen-bond acceptors (Lipinski definition) is 4. The molecule has 0 aliphatic rings. The fourth-order valence-corrected chi connectivity index (χ4v) is 1.37. The van der Waals surface area contributed by atoms with Crippen LogP contribution in [0.4, 0.5) is 0 Å². The summed E-state index contributed by atoms with van der Waals surface area (Å²) in [5.41, 5.74) is 0.997. The molecule has 0 saturated carbocycles. The van der Waals surface area contributed by atoms with Crippen LogP contribution in [-0.2, 0) is 13.0 Å². The molecule has 0 aliphatic heterocycles. The molecular weight excluding hydrogens is 196 g/mol. The van der Waals surface area contributed by atoms with Crippen LogP contribution in [0, 0.1) is 0 Å². The Morgan fingerprint density at radius 3 is 2.40 bits per heavy atom. The molecule has 0 amide bonds. The smallest absolute Gasteiger partial charge is 0.395 e. The lowest BCUT2D eigenvalue weighted by atomic mass is 10.1. The molecular formula is C11H10O4. The Bertz CT molecular complexity index is 481. The van der Waals surface area contributed by atoms with Crippen molar-refractivity contribution in [2.24, 2.45) is 0 Å². The maximum Gasteiger partial charge on any atom is 0.519 e. The third-order valence-corrected chi connectivity index (χ3v) is 2.08. The van der Waals surface area contributed by atoms with Gasteiger partial charge in [-0.15, -0.1) is 0 Å². The lowest BCUT2D eigenvalue weighted by Gasteiger charge is -1.97. The van der Waals surface area contributed by atoms with Gasteiger partial charge in [0.2, 0.25) is 0 Å². The topological polar surface area (TPSA) is 63.6 Å². The Morgan fingerprint density at radius 2 is 1.73 bits per heavy atom. The Hall–Kier alpha value is -1.81. The fourth-order valence-electron chi connectivity index (χ4n) is 1.37. The zero-order chi connectivity index (χ0) is 10.7. The number of aliphatic hydroxyl groups is 1. The number of aliphatic hydroxyl groups excluding tert-OH is 1. The van der Waals surface area contributed by atoms with Crippen LogP contribution in [0.2, 0.25) is 0 Å². The van der Waals surface area contributed by atoms with E-state index in [0.717, 1.165) is 5.56 Å². The summed E-state index contributed by atoms with van der Waals surface area (Å²) in [6.07, 6.45) is 0.447. The molecule has 0 bridgehead atoms. The summed E-state index contributed by atoms with van der Waals surface area (Å²) in [6, 6.07) is 9.52. The standard InChI is InChI=1S/C11H10O4/c12-7-10-9(14-11(13)15-10)6-8-4-2-1-3-5-8/h1-5,12H,6-7H2. The first-order valence-corrected chi connectivity index (χ1v) is 4.56. The minimum atomic E-state index is -0.773. The SMILES string of the molecule is O=c1oc(CO)c(Cc2ccccc2)o1. The maximum absolute atomic E-state index is 10.8. The van der Waals surface area contributed by atoms with Gasteiger partial charge in [0, 0.05) is 6.42 Å². The molecule has 4 nitrogen and oxygen atoms in total. The summed E-state index contributed by atoms with van der Waals surface area (Å²) in [4.78, 5) is 10.8. The first kappa shape index (κ1) is 9.73. The van der Waals surface area contributed by atoms with Crippen molar-refractivity contribution in [1.29, 1.82) is 0 Å². The molecule has 0 atom stereocenters. The van der Waals surface area contributed by atoms with E-state index in [1.165, 1.54) is 0 Å². The highest BCUT2D eigenvalue weighted by atomic mass is 16.6. The second-order valence-corrected chi connectivity index (χ2v) is 3.12. The van der Waals surface area contributed by atoms with Gasteiger partial charge in [-0.25, -0.2) is 4.79 Å². The van der Waals surface area contributed by atoms with Gasteiger partial charge in [-0.1, -0.05) is 30.3 Å². The predicted molar refractivity (Wildman–Crippen MR) is 52.4 cm³/mol. The number of rotatable bonds is 3. The highest BCUT2D eigenvalue weighted by Crippen LogP contribution is 2.12. The molecule has 78 valence electrons. The van der Waals surface area contributed by atoms with Crippen molar-refractivity contribution < 1.29 is 13.9 Å². The molecule has 1 heterocycles. The van der Waals surface area contributed by atoms with Gasteiger partial charge in [0.05, 0.1) is 0 Å². The highest BCUT2D eigenvalue weighted by molar-refractivity contribution is 5.21. The van der Waals surface area contributed by atoms with Gasteiger partial charge >= 0.3 is 5.82 Å². The van der Waals surface area contributed by atoms with Gasteiger partial charge in [-0.2, -0.15) is 0 Å². The van der Waals surface area contributed by atoms with Crippen LogP contribution in [0.15, 0.2) is 44.0 Å². The van der Waals surface area contributed by atoms with E-state index in [1.807, 2.05) is 30.3 Å². The van der Waals surface area contributed by atoms with E-state index in [4.69, 9.17) is 9.52 Å². The molecule has 1 N–H and O–H groups in total. The van der Waals surface area contributed by atoms with Crippen molar-refractivity contribution in [3.8, 4) is 0 Å². The molecule has 0 radical (unpaired) electrons. The van der Waals surface area contributed by atoms with Crippen molar-refractivity contribution >= 4 is 0 Å². The zero-order valence-electron chi connectivity index (χ0n) is 7.97. The van der Waals surface area contributed by atoms with Gasteiger partial charge in [0.25, 0.3) is 0 Å². The molecule has 2 aromatic rings. The zero-order valence-corrected chi connectivity index (χ0v) is 7.97. The summed E-state index contributed by atoms with van der Waals surface area (Å²) in [7, 11) is 0. The van der Waals surface area contributed by atoms with Crippen molar-refractivity contribution in [2.45, 2.75) is 13.0 Å².